The lowest BCUT2D eigenvalue weighted by atomic mass is 10.1. The van der Waals surface area contributed by atoms with Crippen molar-refractivity contribution < 1.29 is 9.26 Å². The van der Waals surface area contributed by atoms with E-state index in [4.69, 9.17) is 9.26 Å². The van der Waals surface area contributed by atoms with E-state index in [-0.39, 0.29) is 12.4 Å². The number of hydrogen-bond donors (Lipinski definition) is 1. The van der Waals surface area contributed by atoms with E-state index in [0.29, 0.717) is 24.5 Å². The van der Waals surface area contributed by atoms with Crippen molar-refractivity contribution in [1.82, 2.24) is 15.5 Å². The van der Waals surface area contributed by atoms with Gasteiger partial charge >= 0.3 is 0 Å². The van der Waals surface area contributed by atoms with Crippen molar-refractivity contribution in [3.8, 4) is 5.75 Å². The summed E-state index contributed by atoms with van der Waals surface area (Å²) in [6.45, 7) is 2.69. The third kappa shape index (κ3) is 4.91. The SMILES string of the molecule is CNC(C)Cc1noc(C2CC2c2ccc(OCc3ccccc3)cc2)n1.Cl. The molecule has 1 aromatic heterocycles. The molecule has 2 aromatic carbocycles. The lowest BCUT2D eigenvalue weighted by Gasteiger charge is -2.07. The maximum atomic E-state index is 5.86. The van der Waals surface area contributed by atoms with Gasteiger partial charge < -0.3 is 14.6 Å². The minimum absolute atomic E-state index is 0. The summed E-state index contributed by atoms with van der Waals surface area (Å²) in [7, 11) is 1.94. The number of likely N-dealkylation sites (N-methyl/N-ethyl adjacent to an activating group) is 1. The van der Waals surface area contributed by atoms with Crippen molar-refractivity contribution in [2.45, 2.75) is 44.2 Å². The first-order valence-electron chi connectivity index (χ1n) is 9.49. The molecule has 6 heteroatoms. The Morgan fingerprint density at radius 3 is 2.57 bits per heavy atom. The van der Waals surface area contributed by atoms with E-state index < -0.39 is 0 Å². The molecule has 1 fully saturated rings. The molecule has 4 rings (SSSR count). The fourth-order valence-corrected chi connectivity index (χ4v) is 3.27. The zero-order chi connectivity index (χ0) is 18.6. The minimum atomic E-state index is 0. The predicted octanol–water partition coefficient (Wildman–Crippen LogP) is 4.49. The molecule has 148 valence electrons. The number of hydrogen-bond acceptors (Lipinski definition) is 5. The van der Waals surface area contributed by atoms with Crippen LogP contribution in [-0.4, -0.2) is 23.2 Å². The van der Waals surface area contributed by atoms with Crippen LogP contribution in [0.25, 0.3) is 0 Å². The standard InChI is InChI=1S/C22H25N3O2.ClH/c1-15(23-2)12-21-24-22(27-25-21)20-13-19(20)17-8-10-18(11-9-17)26-14-16-6-4-3-5-7-16;/h3-11,15,19-20,23H,12-14H2,1-2H3;1H. The second-order valence-electron chi connectivity index (χ2n) is 7.23. The number of aromatic nitrogens is 2. The van der Waals surface area contributed by atoms with Gasteiger partial charge in [0.1, 0.15) is 12.4 Å². The molecular formula is C22H26ClN3O2. The van der Waals surface area contributed by atoms with Crippen molar-refractivity contribution in [3.63, 3.8) is 0 Å². The quantitative estimate of drug-likeness (QED) is 0.604. The third-order valence-electron chi connectivity index (χ3n) is 5.13. The summed E-state index contributed by atoms with van der Waals surface area (Å²) in [6, 6.07) is 18.9. The fourth-order valence-electron chi connectivity index (χ4n) is 3.27. The lowest BCUT2D eigenvalue weighted by Crippen LogP contribution is -2.24. The van der Waals surface area contributed by atoms with Gasteiger partial charge in [0, 0.05) is 18.4 Å². The van der Waals surface area contributed by atoms with Crippen LogP contribution in [0.3, 0.4) is 0 Å². The highest BCUT2D eigenvalue weighted by Crippen LogP contribution is 2.54. The number of nitrogens with zero attached hydrogens (tertiary/aromatic N) is 2. The minimum Gasteiger partial charge on any atom is -0.489 e. The number of nitrogens with one attached hydrogen (secondary N) is 1. The first kappa shape index (κ1) is 20.4. The van der Waals surface area contributed by atoms with E-state index in [1.165, 1.54) is 11.1 Å². The van der Waals surface area contributed by atoms with Crippen LogP contribution in [-0.2, 0) is 13.0 Å². The number of halogens is 1. The normalized spacial score (nSPS) is 18.9. The van der Waals surface area contributed by atoms with Crippen LogP contribution in [0.4, 0.5) is 0 Å². The van der Waals surface area contributed by atoms with Gasteiger partial charge in [0.25, 0.3) is 0 Å². The van der Waals surface area contributed by atoms with Crippen molar-refractivity contribution in [2.75, 3.05) is 7.05 Å². The molecule has 3 atom stereocenters. The van der Waals surface area contributed by atoms with Gasteiger partial charge in [-0.1, -0.05) is 47.6 Å². The average Bonchev–Trinajstić information content (AvgIpc) is 3.38. The van der Waals surface area contributed by atoms with Gasteiger partial charge in [-0.25, -0.2) is 0 Å². The Bertz CT molecular complexity index is 867. The second-order valence-corrected chi connectivity index (χ2v) is 7.23. The smallest absolute Gasteiger partial charge is 0.230 e. The molecule has 1 aliphatic rings. The van der Waals surface area contributed by atoms with Gasteiger partial charge in [-0.2, -0.15) is 4.98 Å². The highest BCUT2D eigenvalue weighted by Gasteiger charge is 2.43. The molecule has 0 spiro atoms. The first-order chi connectivity index (χ1) is 13.2. The van der Waals surface area contributed by atoms with Crippen LogP contribution in [0.1, 0.15) is 48.0 Å². The highest BCUT2D eigenvalue weighted by atomic mass is 35.5. The molecule has 1 aliphatic carbocycles. The van der Waals surface area contributed by atoms with Crippen molar-refractivity contribution in [2.24, 2.45) is 0 Å². The largest absolute Gasteiger partial charge is 0.489 e. The van der Waals surface area contributed by atoms with Crippen molar-refractivity contribution in [3.05, 3.63) is 77.4 Å². The van der Waals surface area contributed by atoms with Gasteiger partial charge in [0.2, 0.25) is 5.89 Å². The zero-order valence-electron chi connectivity index (χ0n) is 16.2. The van der Waals surface area contributed by atoms with E-state index >= 15 is 0 Å². The van der Waals surface area contributed by atoms with Crippen LogP contribution >= 0.6 is 12.4 Å². The van der Waals surface area contributed by atoms with Crippen LogP contribution in [0.2, 0.25) is 0 Å². The van der Waals surface area contributed by atoms with Crippen molar-refractivity contribution in [1.29, 1.82) is 0 Å². The molecular weight excluding hydrogens is 374 g/mol. The van der Waals surface area contributed by atoms with Crippen molar-refractivity contribution >= 4 is 12.4 Å². The predicted molar refractivity (Wildman–Crippen MR) is 111 cm³/mol. The maximum absolute atomic E-state index is 5.86. The molecule has 0 aliphatic heterocycles. The number of rotatable bonds is 8. The monoisotopic (exact) mass is 399 g/mol. The Kier molecular flexibility index (Phi) is 6.70. The molecule has 3 unspecified atom stereocenters. The first-order valence-corrected chi connectivity index (χ1v) is 9.49. The maximum Gasteiger partial charge on any atom is 0.230 e. The number of benzene rings is 2. The summed E-state index contributed by atoms with van der Waals surface area (Å²) >= 11 is 0. The summed E-state index contributed by atoms with van der Waals surface area (Å²) in [5.74, 6) is 3.24. The Balaban J connectivity index is 0.00000225. The van der Waals surface area contributed by atoms with Gasteiger partial charge in [-0.15, -0.1) is 12.4 Å². The number of ether oxygens (including phenoxy) is 1. The van der Waals surface area contributed by atoms with Gasteiger partial charge in [0.15, 0.2) is 5.82 Å². The zero-order valence-corrected chi connectivity index (χ0v) is 17.0. The molecule has 0 bridgehead atoms. The summed E-state index contributed by atoms with van der Waals surface area (Å²) in [5.41, 5.74) is 2.47. The van der Waals surface area contributed by atoms with Crippen LogP contribution < -0.4 is 10.1 Å². The third-order valence-corrected chi connectivity index (χ3v) is 5.13. The summed E-state index contributed by atoms with van der Waals surface area (Å²) in [5, 5.41) is 7.31. The summed E-state index contributed by atoms with van der Waals surface area (Å²) in [4.78, 5) is 4.57. The van der Waals surface area contributed by atoms with E-state index in [9.17, 15) is 0 Å². The van der Waals surface area contributed by atoms with Gasteiger partial charge in [-0.3, -0.25) is 0 Å². The molecule has 0 amide bonds. The van der Waals surface area contributed by atoms with E-state index in [0.717, 1.165) is 30.3 Å². The molecule has 1 heterocycles. The summed E-state index contributed by atoms with van der Waals surface area (Å²) < 4.78 is 11.3. The molecule has 0 saturated heterocycles. The van der Waals surface area contributed by atoms with Crippen LogP contribution in [0.15, 0.2) is 59.1 Å². The lowest BCUT2D eigenvalue weighted by molar-refractivity contribution is 0.306. The molecule has 3 aromatic rings. The Labute approximate surface area is 171 Å². The summed E-state index contributed by atoms with van der Waals surface area (Å²) in [6.07, 6.45) is 1.85. The molecule has 1 saturated carbocycles. The Morgan fingerprint density at radius 2 is 1.86 bits per heavy atom. The Hall–Kier alpha value is -2.37. The Morgan fingerprint density at radius 1 is 1.11 bits per heavy atom. The van der Waals surface area contributed by atoms with Crippen LogP contribution in [0, 0.1) is 0 Å². The second kappa shape index (κ2) is 9.22. The van der Waals surface area contributed by atoms with E-state index in [1.54, 1.807) is 0 Å². The molecule has 0 radical (unpaired) electrons. The highest BCUT2D eigenvalue weighted by molar-refractivity contribution is 5.85. The molecule has 1 N–H and O–H groups in total. The van der Waals surface area contributed by atoms with Gasteiger partial charge in [-0.05, 0) is 49.6 Å². The van der Waals surface area contributed by atoms with Gasteiger partial charge in [0.05, 0.1) is 0 Å². The van der Waals surface area contributed by atoms with E-state index in [2.05, 4.69) is 46.6 Å². The molecule has 5 nitrogen and oxygen atoms in total. The van der Waals surface area contributed by atoms with E-state index in [1.807, 2.05) is 37.4 Å². The fraction of sp³-hybridized carbons (Fsp3) is 0.364. The average molecular weight is 400 g/mol. The van der Waals surface area contributed by atoms with Crippen LogP contribution in [0.5, 0.6) is 5.75 Å². The molecule has 28 heavy (non-hydrogen) atoms. The topological polar surface area (TPSA) is 60.2 Å².